The Bertz CT molecular complexity index is 806. The van der Waals surface area contributed by atoms with Gasteiger partial charge in [-0.3, -0.25) is 5.10 Å². The maximum atomic E-state index is 4.44. The molecule has 1 N–H and O–H groups in total. The predicted octanol–water partition coefficient (Wildman–Crippen LogP) is 1.03. The van der Waals surface area contributed by atoms with E-state index in [0.29, 0.717) is 0 Å². The van der Waals surface area contributed by atoms with E-state index in [4.69, 9.17) is 0 Å². The van der Waals surface area contributed by atoms with Gasteiger partial charge in [0, 0.05) is 37.9 Å². The molecule has 0 aliphatic carbocycles. The van der Waals surface area contributed by atoms with Crippen molar-refractivity contribution in [2.24, 2.45) is 0 Å². The Labute approximate surface area is 133 Å². The Balaban J connectivity index is 1.51. The van der Waals surface area contributed by atoms with Crippen LogP contribution in [0.15, 0.2) is 24.9 Å². The highest BCUT2D eigenvalue weighted by molar-refractivity contribution is 5.86. The third-order valence-corrected chi connectivity index (χ3v) is 4.20. The molecular weight excluding hydrogens is 292 g/mol. The summed E-state index contributed by atoms with van der Waals surface area (Å²) in [4.78, 5) is 21.9. The number of H-pyrrole nitrogens is 1. The fourth-order valence-electron chi connectivity index (χ4n) is 2.90. The molecule has 0 amide bonds. The lowest BCUT2D eigenvalue weighted by Crippen LogP contribution is -2.47. The molecule has 4 heterocycles. The Morgan fingerprint density at radius 2 is 1.78 bits per heavy atom. The van der Waals surface area contributed by atoms with Gasteiger partial charge in [0.2, 0.25) is 0 Å². The maximum Gasteiger partial charge on any atom is 0.160 e. The van der Waals surface area contributed by atoms with Gasteiger partial charge in [0.1, 0.15) is 24.3 Å². The highest BCUT2D eigenvalue weighted by Crippen LogP contribution is 2.23. The topological polar surface area (TPSA) is 86.7 Å². The van der Waals surface area contributed by atoms with E-state index in [1.54, 1.807) is 18.9 Å². The molecule has 0 saturated carbocycles. The van der Waals surface area contributed by atoms with Gasteiger partial charge in [-0.15, -0.1) is 0 Å². The average molecular weight is 310 g/mol. The molecule has 0 spiro atoms. The van der Waals surface area contributed by atoms with Crippen LogP contribution in [0.5, 0.6) is 0 Å². The SMILES string of the molecule is CCc1cc(N2CCN(c3ncnc4[nH]ncc34)CC2)ncn1. The summed E-state index contributed by atoms with van der Waals surface area (Å²) in [7, 11) is 0. The van der Waals surface area contributed by atoms with Crippen LogP contribution in [0.2, 0.25) is 0 Å². The summed E-state index contributed by atoms with van der Waals surface area (Å²) in [5.74, 6) is 1.95. The first kappa shape index (κ1) is 13.9. The van der Waals surface area contributed by atoms with Crippen molar-refractivity contribution in [2.45, 2.75) is 13.3 Å². The number of anilines is 2. The molecule has 4 rings (SSSR count). The predicted molar refractivity (Wildman–Crippen MR) is 87.5 cm³/mol. The number of aromatic nitrogens is 6. The number of fused-ring (bicyclic) bond motifs is 1. The zero-order chi connectivity index (χ0) is 15.6. The number of hydrogen-bond donors (Lipinski definition) is 1. The number of hydrogen-bond acceptors (Lipinski definition) is 7. The molecule has 8 heteroatoms. The molecule has 0 radical (unpaired) electrons. The Morgan fingerprint density at radius 3 is 2.61 bits per heavy atom. The average Bonchev–Trinajstić information content (AvgIpc) is 3.11. The number of nitrogens with zero attached hydrogens (tertiary/aromatic N) is 7. The van der Waals surface area contributed by atoms with Crippen molar-refractivity contribution in [3.05, 3.63) is 30.6 Å². The van der Waals surface area contributed by atoms with Gasteiger partial charge in [-0.25, -0.2) is 19.9 Å². The van der Waals surface area contributed by atoms with Crippen molar-refractivity contribution >= 4 is 22.7 Å². The summed E-state index contributed by atoms with van der Waals surface area (Å²) < 4.78 is 0. The van der Waals surface area contributed by atoms with Gasteiger partial charge in [-0.05, 0) is 6.42 Å². The van der Waals surface area contributed by atoms with Crippen LogP contribution < -0.4 is 9.80 Å². The fraction of sp³-hybridized carbons (Fsp3) is 0.400. The Kier molecular flexibility index (Phi) is 3.49. The molecule has 0 unspecified atom stereocenters. The number of aryl methyl sites for hydroxylation is 1. The first-order valence-electron chi connectivity index (χ1n) is 7.80. The number of rotatable bonds is 3. The van der Waals surface area contributed by atoms with E-state index in [1.807, 2.05) is 0 Å². The second-order valence-electron chi connectivity index (χ2n) is 5.52. The number of aromatic amines is 1. The summed E-state index contributed by atoms with van der Waals surface area (Å²) in [5.41, 5.74) is 1.86. The van der Waals surface area contributed by atoms with Crippen molar-refractivity contribution in [1.82, 2.24) is 30.1 Å². The van der Waals surface area contributed by atoms with Gasteiger partial charge in [0.05, 0.1) is 11.6 Å². The van der Waals surface area contributed by atoms with Gasteiger partial charge in [0.25, 0.3) is 0 Å². The van der Waals surface area contributed by atoms with E-state index in [2.05, 4.69) is 52.9 Å². The van der Waals surface area contributed by atoms with E-state index in [0.717, 1.165) is 61.0 Å². The Morgan fingerprint density at radius 1 is 1.00 bits per heavy atom. The molecule has 1 aliphatic heterocycles. The van der Waals surface area contributed by atoms with Crippen molar-refractivity contribution < 1.29 is 0 Å². The second kappa shape index (κ2) is 5.79. The summed E-state index contributed by atoms with van der Waals surface area (Å²) in [6.07, 6.45) is 5.95. The molecule has 0 bridgehead atoms. The lowest BCUT2D eigenvalue weighted by molar-refractivity contribution is 0.641. The molecule has 23 heavy (non-hydrogen) atoms. The maximum absolute atomic E-state index is 4.44. The lowest BCUT2D eigenvalue weighted by atomic mass is 10.2. The van der Waals surface area contributed by atoms with Gasteiger partial charge in [-0.1, -0.05) is 6.92 Å². The van der Waals surface area contributed by atoms with E-state index < -0.39 is 0 Å². The minimum atomic E-state index is 0.779. The molecule has 1 fully saturated rings. The summed E-state index contributed by atoms with van der Waals surface area (Å²) >= 11 is 0. The number of piperazine rings is 1. The van der Waals surface area contributed by atoms with Crippen molar-refractivity contribution in [3.8, 4) is 0 Å². The van der Waals surface area contributed by atoms with Gasteiger partial charge < -0.3 is 9.80 Å². The summed E-state index contributed by atoms with van der Waals surface area (Å²) in [6.45, 7) is 5.70. The third kappa shape index (κ3) is 2.56. The molecule has 0 atom stereocenters. The van der Waals surface area contributed by atoms with Crippen molar-refractivity contribution in [1.29, 1.82) is 0 Å². The summed E-state index contributed by atoms with van der Waals surface area (Å²) in [5, 5.41) is 7.92. The standard InChI is InChI=1S/C15H18N8/c1-2-11-7-13(17-9-16-11)22-3-5-23(6-4-22)15-12-8-20-21-14(12)18-10-19-15/h7-10H,2-6H2,1H3,(H,18,19,20,21). The Hall–Kier alpha value is -2.77. The monoisotopic (exact) mass is 310 g/mol. The van der Waals surface area contributed by atoms with E-state index >= 15 is 0 Å². The molecule has 3 aromatic heterocycles. The van der Waals surface area contributed by atoms with Crippen LogP contribution in [-0.4, -0.2) is 56.3 Å². The van der Waals surface area contributed by atoms with Crippen LogP contribution in [0.1, 0.15) is 12.6 Å². The molecule has 3 aromatic rings. The van der Waals surface area contributed by atoms with Crippen LogP contribution in [0.25, 0.3) is 11.0 Å². The van der Waals surface area contributed by atoms with E-state index in [9.17, 15) is 0 Å². The van der Waals surface area contributed by atoms with Gasteiger partial charge >= 0.3 is 0 Å². The van der Waals surface area contributed by atoms with Crippen LogP contribution in [0.3, 0.4) is 0 Å². The van der Waals surface area contributed by atoms with E-state index in [1.165, 1.54) is 0 Å². The van der Waals surface area contributed by atoms with Crippen LogP contribution in [-0.2, 0) is 6.42 Å². The summed E-state index contributed by atoms with van der Waals surface area (Å²) in [6, 6.07) is 2.08. The number of nitrogens with one attached hydrogen (secondary N) is 1. The van der Waals surface area contributed by atoms with Gasteiger partial charge in [0.15, 0.2) is 5.65 Å². The minimum Gasteiger partial charge on any atom is -0.353 e. The zero-order valence-corrected chi connectivity index (χ0v) is 13.0. The highest BCUT2D eigenvalue weighted by Gasteiger charge is 2.21. The normalized spacial score (nSPS) is 15.3. The van der Waals surface area contributed by atoms with E-state index in [-0.39, 0.29) is 0 Å². The third-order valence-electron chi connectivity index (χ3n) is 4.20. The fourth-order valence-corrected chi connectivity index (χ4v) is 2.90. The minimum absolute atomic E-state index is 0.779. The van der Waals surface area contributed by atoms with Gasteiger partial charge in [-0.2, -0.15) is 5.10 Å². The van der Waals surface area contributed by atoms with Crippen LogP contribution in [0.4, 0.5) is 11.6 Å². The molecule has 1 saturated heterocycles. The molecule has 8 nitrogen and oxygen atoms in total. The van der Waals surface area contributed by atoms with Crippen LogP contribution in [0, 0.1) is 0 Å². The quantitative estimate of drug-likeness (QED) is 0.773. The van der Waals surface area contributed by atoms with Crippen molar-refractivity contribution in [3.63, 3.8) is 0 Å². The first-order chi connectivity index (χ1) is 11.3. The van der Waals surface area contributed by atoms with Crippen LogP contribution >= 0.6 is 0 Å². The smallest absolute Gasteiger partial charge is 0.160 e. The lowest BCUT2D eigenvalue weighted by Gasteiger charge is -2.36. The zero-order valence-electron chi connectivity index (χ0n) is 13.0. The highest BCUT2D eigenvalue weighted by atomic mass is 15.3. The first-order valence-corrected chi connectivity index (χ1v) is 7.80. The molecule has 1 aliphatic rings. The molecule has 0 aromatic carbocycles. The van der Waals surface area contributed by atoms with Crippen molar-refractivity contribution in [2.75, 3.05) is 36.0 Å². The second-order valence-corrected chi connectivity index (χ2v) is 5.52. The molecule has 118 valence electrons. The largest absolute Gasteiger partial charge is 0.353 e. The molecular formula is C15H18N8.